The number of nitrogens with zero attached hydrogens (tertiary/aromatic N) is 1. The number of rotatable bonds is 10. The van der Waals surface area contributed by atoms with Crippen LogP contribution in [0.15, 0.2) is 91.0 Å². The predicted molar refractivity (Wildman–Crippen MR) is 153 cm³/mol. The zero-order valence-electron chi connectivity index (χ0n) is 21.9. The van der Waals surface area contributed by atoms with Crippen molar-refractivity contribution in [3.05, 3.63) is 108 Å². The van der Waals surface area contributed by atoms with E-state index < -0.39 is 30.0 Å². The van der Waals surface area contributed by atoms with Crippen molar-refractivity contribution >= 4 is 30.2 Å². The van der Waals surface area contributed by atoms with Crippen LogP contribution in [0.2, 0.25) is 0 Å². The molecule has 8 heteroatoms. The number of esters is 1. The van der Waals surface area contributed by atoms with Gasteiger partial charge >= 0.3 is 5.97 Å². The molecule has 206 valence electrons. The Morgan fingerprint density at radius 3 is 1.95 bits per heavy atom. The number of hydrogen-bond donors (Lipinski definition) is 2. The van der Waals surface area contributed by atoms with E-state index in [0.717, 1.165) is 29.5 Å². The Morgan fingerprint density at radius 2 is 1.36 bits per heavy atom. The zero-order chi connectivity index (χ0) is 26.7. The predicted octanol–water partition coefficient (Wildman–Crippen LogP) is 3.83. The first kappa shape index (κ1) is 29.9. The molecule has 0 saturated carbocycles. The molecule has 0 unspecified atom stereocenters. The quantitative estimate of drug-likeness (QED) is 0.374. The Labute approximate surface area is 236 Å². The summed E-state index contributed by atoms with van der Waals surface area (Å²) in [5, 5.41) is 2.89. The average molecular weight is 550 g/mol. The molecular formula is C31H36ClN3O4. The van der Waals surface area contributed by atoms with Crippen molar-refractivity contribution in [3.8, 4) is 0 Å². The number of piperidine rings is 1. The van der Waals surface area contributed by atoms with Crippen LogP contribution in [0.3, 0.4) is 0 Å². The monoisotopic (exact) mass is 549 g/mol. The van der Waals surface area contributed by atoms with Crippen LogP contribution >= 0.6 is 12.4 Å². The average Bonchev–Trinajstić information content (AvgIpc) is 2.96. The summed E-state index contributed by atoms with van der Waals surface area (Å²) in [5.41, 5.74) is 8.96. The Morgan fingerprint density at radius 1 is 0.821 bits per heavy atom. The van der Waals surface area contributed by atoms with E-state index in [1.54, 1.807) is 4.90 Å². The first-order valence-corrected chi connectivity index (χ1v) is 13.2. The number of benzene rings is 3. The van der Waals surface area contributed by atoms with Crippen molar-refractivity contribution < 1.29 is 19.1 Å². The van der Waals surface area contributed by atoms with Crippen molar-refractivity contribution in [2.24, 2.45) is 5.73 Å². The number of amides is 2. The van der Waals surface area contributed by atoms with E-state index in [1.165, 1.54) is 0 Å². The lowest BCUT2D eigenvalue weighted by Gasteiger charge is -2.36. The fourth-order valence-corrected chi connectivity index (χ4v) is 4.75. The fourth-order valence-electron chi connectivity index (χ4n) is 4.75. The Hall–Kier alpha value is -3.68. The molecule has 0 aliphatic carbocycles. The highest BCUT2D eigenvalue weighted by Gasteiger charge is 2.37. The van der Waals surface area contributed by atoms with E-state index in [-0.39, 0.29) is 24.9 Å². The molecule has 2 amide bonds. The largest absolute Gasteiger partial charge is 0.459 e. The molecule has 7 nitrogen and oxygen atoms in total. The molecule has 1 fully saturated rings. The van der Waals surface area contributed by atoms with Gasteiger partial charge in [0.25, 0.3) is 0 Å². The summed E-state index contributed by atoms with van der Waals surface area (Å²) >= 11 is 0. The van der Waals surface area contributed by atoms with Crippen molar-refractivity contribution in [1.82, 2.24) is 10.2 Å². The lowest BCUT2D eigenvalue weighted by atomic mass is 9.98. The van der Waals surface area contributed by atoms with Gasteiger partial charge in [0.15, 0.2) is 0 Å². The van der Waals surface area contributed by atoms with Gasteiger partial charge in [0, 0.05) is 13.0 Å². The van der Waals surface area contributed by atoms with Crippen molar-refractivity contribution in [2.45, 2.75) is 56.8 Å². The molecule has 0 radical (unpaired) electrons. The number of carbonyl (C=O) groups is 3. The van der Waals surface area contributed by atoms with Gasteiger partial charge in [-0.1, -0.05) is 91.0 Å². The highest BCUT2D eigenvalue weighted by Crippen LogP contribution is 2.21. The number of hydrogen-bond acceptors (Lipinski definition) is 5. The number of ether oxygens (including phenoxy) is 1. The highest BCUT2D eigenvalue weighted by molar-refractivity contribution is 5.92. The molecule has 39 heavy (non-hydrogen) atoms. The number of nitrogens with two attached hydrogens (primary N) is 1. The second-order valence-corrected chi connectivity index (χ2v) is 9.68. The molecule has 0 spiro atoms. The summed E-state index contributed by atoms with van der Waals surface area (Å²) in [5.74, 6) is -1.12. The van der Waals surface area contributed by atoms with Gasteiger partial charge in [-0.3, -0.25) is 9.59 Å². The molecule has 0 aromatic heterocycles. The van der Waals surface area contributed by atoms with E-state index in [0.29, 0.717) is 25.8 Å². The number of halogens is 1. The first-order valence-electron chi connectivity index (χ1n) is 13.2. The van der Waals surface area contributed by atoms with Gasteiger partial charge in [-0.05, 0) is 42.4 Å². The van der Waals surface area contributed by atoms with Crippen LogP contribution in [0.25, 0.3) is 0 Å². The molecular weight excluding hydrogens is 514 g/mol. The third-order valence-corrected chi connectivity index (χ3v) is 6.81. The van der Waals surface area contributed by atoms with Crippen LogP contribution in [-0.2, 0) is 38.6 Å². The zero-order valence-corrected chi connectivity index (χ0v) is 22.7. The lowest BCUT2D eigenvalue weighted by molar-refractivity contribution is -0.159. The topological polar surface area (TPSA) is 102 Å². The van der Waals surface area contributed by atoms with Gasteiger partial charge in [0.2, 0.25) is 11.8 Å². The summed E-state index contributed by atoms with van der Waals surface area (Å²) in [6.07, 6.45) is 2.79. The lowest BCUT2D eigenvalue weighted by Crippen LogP contribution is -2.58. The van der Waals surface area contributed by atoms with Crippen molar-refractivity contribution in [1.29, 1.82) is 0 Å². The second-order valence-electron chi connectivity index (χ2n) is 9.68. The summed E-state index contributed by atoms with van der Waals surface area (Å²) < 4.78 is 5.59. The Kier molecular flexibility index (Phi) is 11.5. The fraction of sp³-hybridized carbons (Fsp3) is 0.323. The van der Waals surface area contributed by atoms with Gasteiger partial charge in [0.05, 0.1) is 6.04 Å². The molecule has 3 aromatic rings. The third kappa shape index (κ3) is 8.67. The van der Waals surface area contributed by atoms with Crippen LogP contribution in [0.5, 0.6) is 0 Å². The van der Waals surface area contributed by atoms with E-state index in [9.17, 15) is 14.4 Å². The number of nitrogens with one attached hydrogen (secondary N) is 1. The van der Waals surface area contributed by atoms with E-state index >= 15 is 0 Å². The standard InChI is InChI=1S/C31H35N3O4.ClH/c32-26(20-23-12-4-1-5-13-23)29(35)33-27(21-24-14-6-2-7-15-24)30(36)34-19-11-10-18-28(34)31(37)38-22-25-16-8-3-9-17-25;/h1-9,12-17,26-28H,10-11,18-22,32H2,(H,33,35);1H/t26-,27-,28+;/m0./s1. The highest BCUT2D eigenvalue weighted by atomic mass is 35.5. The summed E-state index contributed by atoms with van der Waals surface area (Å²) in [6, 6.07) is 26.2. The Balaban J connectivity index is 0.00000420. The van der Waals surface area contributed by atoms with Crippen LogP contribution in [0.4, 0.5) is 0 Å². The maximum Gasteiger partial charge on any atom is 0.329 e. The molecule has 3 aromatic carbocycles. The number of likely N-dealkylation sites (tertiary alicyclic amines) is 1. The minimum atomic E-state index is -0.853. The minimum absolute atomic E-state index is 0. The molecule has 3 atom stereocenters. The molecule has 0 bridgehead atoms. The smallest absolute Gasteiger partial charge is 0.329 e. The summed E-state index contributed by atoms with van der Waals surface area (Å²) in [6.45, 7) is 0.581. The van der Waals surface area contributed by atoms with Crippen LogP contribution in [0.1, 0.15) is 36.0 Å². The number of carbonyl (C=O) groups excluding carboxylic acids is 3. The van der Waals surface area contributed by atoms with Gasteiger partial charge in [-0.2, -0.15) is 0 Å². The molecule has 1 heterocycles. The van der Waals surface area contributed by atoms with Crippen LogP contribution < -0.4 is 11.1 Å². The van der Waals surface area contributed by atoms with Gasteiger partial charge < -0.3 is 20.7 Å². The van der Waals surface area contributed by atoms with Crippen LogP contribution in [0, 0.1) is 0 Å². The van der Waals surface area contributed by atoms with Gasteiger partial charge in [-0.15, -0.1) is 12.4 Å². The first-order chi connectivity index (χ1) is 18.5. The van der Waals surface area contributed by atoms with E-state index in [1.807, 2.05) is 91.0 Å². The minimum Gasteiger partial charge on any atom is -0.459 e. The molecule has 1 aliphatic heterocycles. The Bertz CT molecular complexity index is 1190. The van der Waals surface area contributed by atoms with Gasteiger partial charge in [-0.25, -0.2) is 4.79 Å². The molecule has 1 aliphatic rings. The van der Waals surface area contributed by atoms with Crippen LogP contribution in [-0.4, -0.2) is 47.4 Å². The summed E-state index contributed by atoms with van der Waals surface area (Å²) in [4.78, 5) is 41.6. The van der Waals surface area contributed by atoms with Crippen molar-refractivity contribution in [3.63, 3.8) is 0 Å². The van der Waals surface area contributed by atoms with E-state index in [4.69, 9.17) is 10.5 Å². The molecule has 4 rings (SSSR count). The van der Waals surface area contributed by atoms with E-state index in [2.05, 4.69) is 5.32 Å². The maximum atomic E-state index is 13.9. The second kappa shape index (κ2) is 15.0. The van der Waals surface area contributed by atoms with Crippen molar-refractivity contribution in [2.75, 3.05) is 6.54 Å². The third-order valence-electron chi connectivity index (χ3n) is 6.81. The summed E-state index contributed by atoms with van der Waals surface area (Å²) in [7, 11) is 0. The molecule has 1 saturated heterocycles. The molecule has 3 N–H and O–H groups in total. The normalized spacial score (nSPS) is 16.3. The van der Waals surface area contributed by atoms with Gasteiger partial charge in [0.1, 0.15) is 18.7 Å². The SMILES string of the molecule is Cl.N[C@@H](Cc1ccccc1)C(=O)N[C@@H](Cc1ccccc1)C(=O)N1CCCC[C@@H]1C(=O)OCc1ccccc1. The maximum absolute atomic E-state index is 13.9.